The van der Waals surface area contributed by atoms with Gasteiger partial charge in [-0.25, -0.2) is 0 Å². The van der Waals surface area contributed by atoms with Crippen LogP contribution in [0, 0.1) is 0 Å². The summed E-state index contributed by atoms with van der Waals surface area (Å²) >= 11 is 12.3. The fourth-order valence-electron chi connectivity index (χ4n) is 2.51. The van der Waals surface area contributed by atoms with E-state index in [2.05, 4.69) is 10.2 Å². The maximum absolute atomic E-state index is 12.7. The second-order valence-electron chi connectivity index (χ2n) is 5.67. The Morgan fingerprint density at radius 3 is 2.58 bits per heavy atom. The Labute approximate surface area is 160 Å². The van der Waals surface area contributed by atoms with Crippen LogP contribution < -0.4 is 0 Å². The molecule has 3 rings (SSSR count). The average Bonchev–Trinajstić information content (AvgIpc) is 3.29. The minimum Gasteiger partial charge on any atom is -0.459 e. The van der Waals surface area contributed by atoms with E-state index in [1.807, 2.05) is 6.92 Å². The highest BCUT2D eigenvalue weighted by Crippen LogP contribution is 2.25. The largest absolute Gasteiger partial charge is 0.459 e. The predicted molar refractivity (Wildman–Crippen MR) is 97.9 cm³/mol. The second-order valence-corrected chi connectivity index (χ2v) is 6.48. The molecule has 1 aromatic carbocycles. The van der Waals surface area contributed by atoms with Crippen LogP contribution in [0.1, 0.15) is 24.8 Å². The summed E-state index contributed by atoms with van der Waals surface area (Å²) < 4.78 is 10.8. The summed E-state index contributed by atoms with van der Waals surface area (Å²) in [4.78, 5) is 14.4. The van der Waals surface area contributed by atoms with E-state index in [1.54, 1.807) is 35.2 Å². The Bertz CT molecular complexity index is 857. The minimum absolute atomic E-state index is 0.109. The van der Waals surface area contributed by atoms with Gasteiger partial charge in [0.2, 0.25) is 11.8 Å². The lowest BCUT2D eigenvalue weighted by molar-refractivity contribution is -0.131. The summed E-state index contributed by atoms with van der Waals surface area (Å²) in [6.07, 6.45) is 2.43. The van der Waals surface area contributed by atoms with Gasteiger partial charge in [0, 0.05) is 16.6 Å². The van der Waals surface area contributed by atoms with E-state index < -0.39 is 0 Å². The van der Waals surface area contributed by atoms with E-state index in [0.717, 1.165) is 6.42 Å². The highest BCUT2D eigenvalue weighted by atomic mass is 35.5. The Balaban J connectivity index is 1.73. The fraction of sp³-hybridized carbons (Fsp3) is 0.278. The van der Waals surface area contributed by atoms with Gasteiger partial charge in [-0.2, -0.15) is 0 Å². The first-order chi connectivity index (χ1) is 12.6. The number of rotatable bonds is 7. The molecule has 0 saturated heterocycles. The van der Waals surface area contributed by atoms with Crippen LogP contribution in [0.3, 0.4) is 0 Å². The number of halogens is 2. The Kier molecular flexibility index (Phi) is 5.96. The van der Waals surface area contributed by atoms with Crippen molar-refractivity contribution in [3.63, 3.8) is 0 Å². The number of hydrogen-bond donors (Lipinski definition) is 0. The lowest BCUT2D eigenvalue weighted by Crippen LogP contribution is -2.32. The molecule has 0 radical (unpaired) electrons. The number of hydrogen-bond acceptors (Lipinski definition) is 5. The molecule has 0 unspecified atom stereocenters. The molecular weight excluding hydrogens is 377 g/mol. The molecule has 6 nitrogen and oxygen atoms in total. The first-order valence-electron chi connectivity index (χ1n) is 8.15. The molecule has 26 heavy (non-hydrogen) atoms. The maximum Gasteiger partial charge on any atom is 0.283 e. The number of aromatic nitrogens is 2. The van der Waals surface area contributed by atoms with Crippen LogP contribution in [0.25, 0.3) is 11.7 Å². The van der Waals surface area contributed by atoms with Gasteiger partial charge in [0.05, 0.1) is 19.2 Å². The molecule has 0 atom stereocenters. The SMILES string of the molecule is CCCN(Cc1nnc(-c2ccco2)o1)C(=O)Cc1c(Cl)cccc1Cl. The van der Waals surface area contributed by atoms with Crippen LogP contribution in [-0.2, 0) is 17.8 Å². The molecule has 3 aromatic rings. The predicted octanol–water partition coefficient (Wildman–Crippen LogP) is 4.62. The summed E-state index contributed by atoms with van der Waals surface area (Å²) in [5.41, 5.74) is 0.615. The van der Waals surface area contributed by atoms with Gasteiger partial charge in [-0.3, -0.25) is 4.79 Å². The minimum atomic E-state index is -0.111. The second kappa shape index (κ2) is 8.38. The third-order valence-corrected chi connectivity index (χ3v) is 4.47. The maximum atomic E-state index is 12.7. The zero-order chi connectivity index (χ0) is 18.5. The van der Waals surface area contributed by atoms with E-state index in [9.17, 15) is 4.79 Å². The van der Waals surface area contributed by atoms with Crippen LogP contribution in [-0.4, -0.2) is 27.5 Å². The van der Waals surface area contributed by atoms with Crippen LogP contribution >= 0.6 is 23.2 Å². The van der Waals surface area contributed by atoms with Crippen molar-refractivity contribution in [1.29, 1.82) is 0 Å². The van der Waals surface area contributed by atoms with Gasteiger partial charge in [0.1, 0.15) is 0 Å². The van der Waals surface area contributed by atoms with Crippen LogP contribution in [0.5, 0.6) is 0 Å². The Morgan fingerprint density at radius 2 is 1.92 bits per heavy atom. The van der Waals surface area contributed by atoms with E-state index in [-0.39, 0.29) is 24.8 Å². The first-order valence-corrected chi connectivity index (χ1v) is 8.91. The molecule has 0 aliphatic heterocycles. The van der Waals surface area contributed by atoms with E-state index in [1.165, 1.54) is 6.26 Å². The molecule has 0 aliphatic rings. The Morgan fingerprint density at radius 1 is 1.15 bits per heavy atom. The zero-order valence-electron chi connectivity index (χ0n) is 14.1. The van der Waals surface area contributed by atoms with Gasteiger partial charge >= 0.3 is 0 Å². The Hall–Kier alpha value is -2.31. The molecule has 2 aromatic heterocycles. The molecule has 0 fully saturated rings. The lowest BCUT2D eigenvalue weighted by Gasteiger charge is -2.21. The monoisotopic (exact) mass is 393 g/mol. The quantitative estimate of drug-likeness (QED) is 0.585. The molecule has 0 saturated carbocycles. The van der Waals surface area contributed by atoms with Crippen molar-refractivity contribution in [2.24, 2.45) is 0 Å². The van der Waals surface area contributed by atoms with E-state index in [0.29, 0.717) is 33.8 Å². The van der Waals surface area contributed by atoms with Crippen molar-refractivity contribution < 1.29 is 13.6 Å². The van der Waals surface area contributed by atoms with E-state index in [4.69, 9.17) is 32.0 Å². The third-order valence-electron chi connectivity index (χ3n) is 3.76. The van der Waals surface area contributed by atoms with Gasteiger partial charge in [-0.15, -0.1) is 10.2 Å². The molecule has 0 bridgehead atoms. The normalized spacial score (nSPS) is 10.9. The molecular formula is C18H17Cl2N3O3. The summed E-state index contributed by atoms with van der Waals surface area (Å²) in [6.45, 7) is 2.76. The summed E-state index contributed by atoms with van der Waals surface area (Å²) in [5.74, 6) is 0.992. The van der Waals surface area contributed by atoms with Crippen molar-refractivity contribution in [3.05, 3.63) is 58.1 Å². The zero-order valence-corrected chi connectivity index (χ0v) is 15.6. The van der Waals surface area contributed by atoms with Crippen LogP contribution in [0.2, 0.25) is 10.0 Å². The summed E-state index contributed by atoms with van der Waals surface area (Å²) in [7, 11) is 0. The van der Waals surface area contributed by atoms with Crippen LogP contribution in [0.15, 0.2) is 45.4 Å². The fourth-order valence-corrected chi connectivity index (χ4v) is 3.04. The van der Waals surface area contributed by atoms with Gasteiger partial charge < -0.3 is 13.7 Å². The topological polar surface area (TPSA) is 72.4 Å². The standard InChI is InChI=1S/C18H17Cl2N3O3/c1-2-8-23(17(24)10-12-13(19)5-3-6-14(12)20)11-16-21-22-18(26-16)15-7-4-9-25-15/h3-7,9H,2,8,10-11H2,1H3. The smallest absolute Gasteiger partial charge is 0.283 e. The van der Waals surface area contributed by atoms with Crippen molar-refractivity contribution >= 4 is 29.1 Å². The summed E-state index contributed by atoms with van der Waals surface area (Å²) in [5, 5.41) is 8.89. The average molecular weight is 394 g/mol. The van der Waals surface area contributed by atoms with Crippen molar-refractivity contribution in [1.82, 2.24) is 15.1 Å². The highest BCUT2D eigenvalue weighted by molar-refractivity contribution is 6.36. The number of carbonyl (C=O) groups excluding carboxylic acids is 1. The number of carbonyl (C=O) groups is 1. The molecule has 0 N–H and O–H groups in total. The summed E-state index contributed by atoms with van der Waals surface area (Å²) in [6, 6.07) is 8.64. The molecule has 1 amide bonds. The van der Waals surface area contributed by atoms with E-state index >= 15 is 0 Å². The number of benzene rings is 1. The van der Waals surface area contributed by atoms with Gasteiger partial charge in [0.15, 0.2) is 5.76 Å². The molecule has 0 aliphatic carbocycles. The molecule has 0 spiro atoms. The first kappa shape index (κ1) is 18.5. The molecule has 2 heterocycles. The number of furan rings is 1. The number of amides is 1. The van der Waals surface area contributed by atoms with Crippen molar-refractivity contribution in [2.45, 2.75) is 26.3 Å². The lowest BCUT2D eigenvalue weighted by atomic mass is 10.1. The van der Waals surface area contributed by atoms with Gasteiger partial charge in [-0.1, -0.05) is 36.2 Å². The third kappa shape index (κ3) is 4.26. The van der Waals surface area contributed by atoms with Crippen molar-refractivity contribution in [2.75, 3.05) is 6.54 Å². The van der Waals surface area contributed by atoms with Gasteiger partial charge in [-0.05, 0) is 36.2 Å². The molecule has 136 valence electrons. The van der Waals surface area contributed by atoms with Crippen molar-refractivity contribution in [3.8, 4) is 11.7 Å². The van der Waals surface area contributed by atoms with Crippen LogP contribution in [0.4, 0.5) is 0 Å². The number of nitrogens with zero attached hydrogens (tertiary/aromatic N) is 3. The molecule has 8 heteroatoms. The highest BCUT2D eigenvalue weighted by Gasteiger charge is 2.20. The van der Waals surface area contributed by atoms with Gasteiger partial charge in [0.25, 0.3) is 5.89 Å².